The van der Waals surface area contributed by atoms with Crippen LogP contribution in [0.4, 0.5) is 17.1 Å². The Morgan fingerprint density at radius 1 is 1.28 bits per heavy atom. The fraction of sp³-hybridized carbons (Fsp3) is 0.235. The van der Waals surface area contributed by atoms with Crippen LogP contribution in [0.15, 0.2) is 42.5 Å². The van der Waals surface area contributed by atoms with Gasteiger partial charge in [-0.15, -0.1) is 0 Å². The second kappa shape index (κ2) is 8.34. The van der Waals surface area contributed by atoms with E-state index in [1.165, 1.54) is 18.2 Å². The minimum Gasteiger partial charge on any atom is -0.494 e. The molecule has 2 aromatic carbocycles. The molecule has 0 spiro atoms. The molecule has 0 aromatic heterocycles. The van der Waals surface area contributed by atoms with Crippen LogP contribution in [0.5, 0.6) is 5.75 Å². The van der Waals surface area contributed by atoms with Crippen LogP contribution < -0.4 is 15.4 Å². The smallest absolute Gasteiger partial charge is 0.271 e. The molecule has 7 nitrogen and oxygen atoms in total. The van der Waals surface area contributed by atoms with Gasteiger partial charge in [0.25, 0.3) is 5.69 Å². The van der Waals surface area contributed by atoms with Crippen LogP contribution in [0.1, 0.15) is 13.8 Å². The summed E-state index contributed by atoms with van der Waals surface area (Å²) in [5.41, 5.74) is 0.946. The molecule has 0 bridgehead atoms. The molecule has 1 unspecified atom stereocenters. The van der Waals surface area contributed by atoms with Gasteiger partial charge >= 0.3 is 0 Å². The largest absolute Gasteiger partial charge is 0.494 e. The first-order valence-electron chi connectivity index (χ1n) is 7.65. The number of anilines is 2. The molecule has 0 aliphatic rings. The molecule has 0 radical (unpaired) electrons. The van der Waals surface area contributed by atoms with Crippen LogP contribution in [0.3, 0.4) is 0 Å². The van der Waals surface area contributed by atoms with Crippen LogP contribution >= 0.6 is 11.6 Å². The fourth-order valence-electron chi connectivity index (χ4n) is 2.09. The summed E-state index contributed by atoms with van der Waals surface area (Å²) < 4.78 is 5.36. The Bertz CT molecular complexity index is 765. The number of carbonyl (C=O) groups is 1. The molecule has 2 rings (SSSR count). The molecule has 2 N–H and O–H groups in total. The molecular weight excluding hydrogens is 346 g/mol. The van der Waals surface area contributed by atoms with Crippen molar-refractivity contribution in [3.63, 3.8) is 0 Å². The predicted octanol–water partition coefficient (Wildman–Crippen LogP) is 4.09. The molecule has 1 amide bonds. The Morgan fingerprint density at radius 2 is 1.96 bits per heavy atom. The van der Waals surface area contributed by atoms with Crippen molar-refractivity contribution in [3.05, 3.63) is 57.6 Å². The van der Waals surface area contributed by atoms with E-state index < -0.39 is 11.0 Å². The summed E-state index contributed by atoms with van der Waals surface area (Å²) in [6.45, 7) is 4.19. The lowest BCUT2D eigenvalue weighted by Crippen LogP contribution is -2.31. The molecule has 0 saturated carbocycles. The maximum absolute atomic E-state index is 12.3. The first-order chi connectivity index (χ1) is 11.9. The predicted molar refractivity (Wildman–Crippen MR) is 97.4 cm³/mol. The molecular formula is C17H18ClN3O4. The van der Waals surface area contributed by atoms with E-state index in [4.69, 9.17) is 16.3 Å². The van der Waals surface area contributed by atoms with Gasteiger partial charge in [-0.25, -0.2) is 0 Å². The van der Waals surface area contributed by atoms with E-state index in [0.717, 1.165) is 11.4 Å². The average Bonchev–Trinajstić information content (AvgIpc) is 2.58. The van der Waals surface area contributed by atoms with Crippen LogP contribution in [0.25, 0.3) is 0 Å². The monoisotopic (exact) mass is 363 g/mol. The number of amides is 1. The molecule has 8 heteroatoms. The highest BCUT2D eigenvalue weighted by Gasteiger charge is 2.16. The van der Waals surface area contributed by atoms with E-state index in [-0.39, 0.29) is 16.6 Å². The maximum Gasteiger partial charge on any atom is 0.271 e. The Morgan fingerprint density at radius 3 is 2.52 bits per heavy atom. The number of hydrogen-bond donors (Lipinski definition) is 2. The third-order valence-electron chi connectivity index (χ3n) is 3.36. The van der Waals surface area contributed by atoms with E-state index in [1.54, 1.807) is 6.92 Å². The number of nitrogens with zero attached hydrogens (tertiary/aromatic N) is 1. The summed E-state index contributed by atoms with van der Waals surface area (Å²) in [5, 5.41) is 16.5. The molecule has 0 aliphatic carbocycles. The van der Waals surface area contributed by atoms with Crippen LogP contribution in [0.2, 0.25) is 5.02 Å². The van der Waals surface area contributed by atoms with Gasteiger partial charge in [0.15, 0.2) is 0 Å². The summed E-state index contributed by atoms with van der Waals surface area (Å²) in [7, 11) is 0. The Kier molecular flexibility index (Phi) is 6.19. The van der Waals surface area contributed by atoms with Gasteiger partial charge in [0, 0.05) is 17.8 Å². The first-order valence-corrected chi connectivity index (χ1v) is 8.02. The highest BCUT2D eigenvalue weighted by atomic mass is 35.5. The summed E-state index contributed by atoms with van der Waals surface area (Å²) >= 11 is 5.98. The molecule has 2 aromatic rings. The second-order valence-electron chi connectivity index (χ2n) is 5.23. The minimum absolute atomic E-state index is 0.107. The highest BCUT2D eigenvalue weighted by Crippen LogP contribution is 2.27. The van der Waals surface area contributed by atoms with Crippen molar-refractivity contribution in [2.45, 2.75) is 19.9 Å². The lowest BCUT2D eigenvalue weighted by Gasteiger charge is -2.16. The first kappa shape index (κ1) is 18.5. The number of benzene rings is 2. The normalized spacial score (nSPS) is 11.5. The molecule has 25 heavy (non-hydrogen) atoms. The van der Waals surface area contributed by atoms with Gasteiger partial charge in [-0.3, -0.25) is 14.9 Å². The highest BCUT2D eigenvalue weighted by molar-refractivity contribution is 6.34. The number of non-ortho nitro benzene ring substituents is 1. The quantitative estimate of drug-likeness (QED) is 0.571. The number of nitrogens with one attached hydrogen (secondary N) is 2. The Balaban J connectivity index is 1.99. The summed E-state index contributed by atoms with van der Waals surface area (Å²) in [5.74, 6) is 0.437. The third kappa shape index (κ3) is 5.09. The van der Waals surface area contributed by atoms with E-state index in [1.807, 2.05) is 31.2 Å². The summed E-state index contributed by atoms with van der Waals surface area (Å²) in [4.78, 5) is 22.4. The zero-order valence-electron chi connectivity index (χ0n) is 13.8. The van der Waals surface area contributed by atoms with Gasteiger partial charge in [0.05, 0.1) is 22.2 Å². The lowest BCUT2D eigenvalue weighted by atomic mass is 10.2. The average molecular weight is 364 g/mol. The molecule has 0 saturated heterocycles. The Labute approximate surface area is 150 Å². The molecule has 1 atom stereocenters. The van der Waals surface area contributed by atoms with Gasteiger partial charge in [0.1, 0.15) is 11.8 Å². The number of hydrogen-bond acceptors (Lipinski definition) is 5. The summed E-state index contributed by atoms with van der Waals surface area (Å²) in [6, 6.07) is 10.6. The van der Waals surface area contributed by atoms with Crippen molar-refractivity contribution in [3.8, 4) is 5.75 Å². The molecule has 132 valence electrons. The molecule has 0 fully saturated rings. The van der Waals surface area contributed by atoms with E-state index >= 15 is 0 Å². The van der Waals surface area contributed by atoms with Gasteiger partial charge < -0.3 is 15.4 Å². The van der Waals surface area contributed by atoms with Crippen molar-refractivity contribution in [1.82, 2.24) is 0 Å². The second-order valence-corrected chi connectivity index (χ2v) is 5.64. The van der Waals surface area contributed by atoms with Crippen molar-refractivity contribution in [2.75, 3.05) is 17.2 Å². The number of nitro groups is 1. The number of carbonyl (C=O) groups excluding carboxylic acids is 1. The van der Waals surface area contributed by atoms with E-state index in [0.29, 0.717) is 12.3 Å². The third-order valence-corrected chi connectivity index (χ3v) is 3.68. The van der Waals surface area contributed by atoms with E-state index in [2.05, 4.69) is 10.6 Å². The van der Waals surface area contributed by atoms with Crippen molar-refractivity contribution >= 4 is 34.6 Å². The zero-order chi connectivity index (χ0) is 18.4. The van der Waals surface area contributed by atoms with Gasteiger partial charge in [-0.2, -0.15) is 0 Å². The number of ether oxygens (including phenoxy) is 1. The van der Waals surface area contributed by atoms with Gasteiger partial charge in [0.2, 0.25) is 5.91 Å². The van der Waals surface area contributed by atoms with Crippen LogP contribution in [0, 0.1) is 10.1 Å². The van der Waals surface area contributed by atoms with Crippen LogP contribution in [-0.2, 0) is 4.79 Å². The number of nitro benzene ring substituents is 1. The molecule has 0 heterocycles. The summed E-state index contributed by atoms with van der Waals surface area (Å²) in [6.07, 6.45) is 0. The van der Waals surface area contributed by atoms with Crippen molar-refractivity contribution in [1.29, 1.82) is 0 Å². The zero-order valence-corrected chi connectivity index (χ0v) is 14.5. The fourth-order valence-corrected chi connectivity index (χ4v) is 2.31. The van der Waals surface area contributed by atoms with E-state index in [9.17, 15) is 14.9 Å². The number of rotatable bonds is 7. The SMILES string of the molecule is CCOc1ccc(NC(C)C(=O)Nc2ccc([N+](=O)[O-])cc2Cl)cc1. The van der Waals surface area contributed by atoms with Crippen molar-refractivity contribution < 1.29 is 14.5 Å². The molecule has 0 aliphatic heterocycles. The van der Waals surface area contributed by atoms with Gasteiger partial charge in [-0.05, 0) is 44.2 Å². The number of halogens is 1. The van der Waals surface area contributed by atoms with Crippen LogP contribution in [-0.4, -0.2) is 23.5 Å². The standard InChI is InChI=1S/C17H18ClN3O4/c1-3-25-14-7-4-12(5-8-14)19-11(2)17(22)20-16-9-6-13(21(23)24)10-15(16)18/h4-11,19H,3H2,1-2H3,(H,20,22). The van der Waals surface area contributed by atoms with Gasteiger partial charge in [-0.1, -0.05) is 11.6 Å². The lowest BCUT2D eigenvalue weighted by molar-refractivity contribution is -0.384. The Hall–Kier alpha value is -2.80. The maximum atomic E-state index is 12.3. The van der Waals surface area contributed by atoms with Crippen molar-refractivity contribution in [2.24, 2.45) is 0 Å². The topological polar surface area (TPSA) is 93.5 Å². The minimum atomic E-state index is -0.548.